The van der Waals surface area contributed by atoms with Crippen LogP contribution in [0.3, 0.4) is 0 Å². The van der Waals surface area contributed by atoms with Gasteiger partial charge in [0.15, 0.2) is 0 Å². The van der Waals surface area contributed by atoms with E-state index in [1.54, 1.807) is 6.07 Å². The first-order valence-electron chi connectivity index (χ1n) is 6.60. The third-order valence-corrected chi connectivity index (χ3v) is 3.71. The van der Waals surface area contributed by atoms with Crippen molar-refractivity contribution in [1.29, 1.82) is 0 Å². The predicted molar refractivity (Wildman–Crippen MR) is 74.7 cm³/mol. The molecule has 1 saturated heterocycles. The molecule has 0 radical (unpaired) electrons. The molecule has 19 heavy (non-hydrogen) atoms. The number of nitrogens with one attached hydrogen (secondary N) is 3. The fourth-order valence-corrected chi connectivity index (χ4v) is 2.44. The van der Waals surface area contributed by atoms with E-state index >= 15 is 0 Å². The van der Waals surface area contributed by atoms with Gasteiger partial charge < -0.3 is 20.4 Å². The average molecular weight is 286 g/mol. The first-order valence-corrected chi connectivity index (χ1v) is 6.98. The van der Waals surface area contributed by atoms with Crippen LogP contribution in [0, 0.1) is 6.92 Å². The lowest BCUT2D eigenvalue weighted by molar-refractivity contribution is 0.0208. The first-order chi connectivity index (χ1) is 9.11. The molecule has 3 N–H and O–H groups in total. The Labute approximate surface area is 118 Å². The van der Waals surface area contributed by atoms with Crippen LogP contribution in [0.2, 0.25) is 5.02 Å². The Morgan fingerprint density at radius 3 is 3.05 bits per heavy atom. The molecule has 0 aliphatic carbocycles. The van der Waals surface area contributed by atoms with Gasteiger partial charge in [0.1, 0.15) is 5.69 Å². The summed E-state index contributed by atoms with van der Waals surface area (Å²) in [6.45, 7) is 6.10. The van der Waals surface area contributed by atoms with Gasteiger partial charge >= 0.3 is 0 Å². The van der Waals surface area contributed by atoms with Gasteiger partial charge in [0, 0.05) is 18.8 Å². The quantitative estimate of drug-likeness (QED) is 0.785. The second-order valence-corrected chi connectivity index (χ2v) is 5.13. The van der Waals surface area contributed by atoms with Crippen LogP contribution in [0.15, 0.2) is 6.07 Å². The smallest absolute Gasteiger partial charge is 0.268 e. The van der Waals surface area contributed by atoms with Crippen molar-refractivity contribution in [3.8, 4) is 0 Å². The van der Waals surface area contributed by atoms with Gasteiger partial charge in [-0.3, -0.25) is 4.79 Å². The number of carbonyl (C=O) groups excluding carboxylic acids is 1. The zero-order chi connectivity index (χ0) is 13.8. The van der Waals surface area contributed by atoms with Gasteiger partial charge in [0.2, 0.25) is 0 Å². The zero-order valence-corrected chi connectivity index (χ0v) is 12.0. The van der Waals surface area contributed by atoms with Gasteiger partial charge in [-0.2, -0.15) is 0 Å². The molecule has 2 atom stereocenters. The Balaban J connectivity index is 2.00. The summed E-state index contributed by atoms with van der Waals surface area (Å²) in [7, 11) is 0. The fourth-order valence-electron chi connectivity index (χ4n) is 2.29. The highest BCUT2D eigenvalue weighted by atomic mass is 35.5. The van der Waals surface area contributed by atoms with E-state index in [-0.39, 0.29) is 18.1 Å². The van der Waals surface area contributed by atoms with Crippen LogP contribution in [0.5, 0.6) is 0 Å². The molecule has 1 aromatic rings. The van der Waals surface area contributed by atoms with E-state index in [0.29, 0.717) is 17.3 Å². The topological polar surface area (TPSA) is 66.2 Å². The van der Waals surface area contributed by atoms with E-state index < -0.39 is 0 Å². The molecule has 6 heteroatoms. The van der Waals surface area contributed by atoms with Gasteiger partial charge in [-0.25, -0.2) is 0 Å². The van der Waals surface area contributed by atoms with Gasteiger partial charge in [-0.05, 0) is 32.9 Å². The van der Waals surface area contributed by atoms with E-state index in [9.17, 15) is 4.79 Å². The zero-order valence-electron chi connectivity index (χ0n) is 11.3. The van der Waals surface area contributed by atoms with Crippen molar-refractivity contribution in [2.75, 3.05) is 19.7 Å². The van der Waals surface area contributed by atoms with Crippen LogP contribution in [0.4, 0.5) is 0 Å². The van der Waals surface area contributed by atoms with Crippen LogP contribution in [-0.2, 0) is 4.74 Å². The van der Waals surface area contributed by atoms with Crippen LogP contribution in [-0.4, -0.2) is 42.7 Å². The summed E-state index contributed by atoms with van der Waals surface area (Å²) in [4.78, 5) is 15.1. The second-order valence-electron chi connectivity index (χ2n) is 4.72. The Hall–Kier alpha value is -1.04. The molecule has 1 aromatic heterocycles. The number of amides is 1. The number of H-pyrrole nitrogens is 1. The monoisotopic (exact) mass is 285 g/mol. The van der Waals surface area contributed by atoms with Gasteiger partial charge in [-0.1, -0.05) is 11.6 Å². The van der Waals surface area contributed by atoms with Crippen molar-refractivity contribution >= 4 is 17.5 Å². The highest BCUT2D eigenvalue weighted by Gasteiger charge is 2.27. The predicted octanol–water partition coefficient (Wildman–Crippen LogP) is 1.47. The molecule has 106 valence electrons. The summed E-state index contributed by atoms with van der Waals surface area (Å²) in [6, 6.07) is 1.69. The van der Waals surface area contributed by atoms with Crippen LogP contribution < -0.4 is 10.6 Å². The molecule has 0 aromatic carbocycles. The Bertz CT molecular complexity index is 426. The van der Waals surface area contributed by atoms with E-state index in [1.807, 2.05) is 13.8 Å². The molecule has 1 aliphatic rings. The molecule has 0 unspecified atom stereocenters. The number of hydrogen-bond acceptors (Lipinski definition) is 3. The normalized spacial score (nSPS) is 23.3. The molecule has 2 heterocycles. The lowest BCUT2D eigenvalue weighted by Crippen LogP contribution is -2.53. The maximum absolute atomic E-state index is 12.2. The number of carbonyl (C=O) groups is 1. The number of aromatic amines is 1. The number of aryl methyl sites for hydroxylation is 1. The Kier molecular flexibility index (Phi) is 4.85. The second kappa shape index (κ2) is 6.41. The lowest BCUT2D eigenvalue weighted by atomic mass is 10.0. The number of piperidine rings is 1. The molecular weight excluding hydrogens is 266 g/mol. The molecule has 1 amide bonds. The maximum Gasteiger partial charge on any atom is 0.268 e. The summed E-state index contributed by atoms with van der Waals surface area (Å²) in [6.07, 6.45) is 0.887. The highest BCUT2D eigenvalue weighted by Crippen LogP contribution is 2.16. The molecule has 0 spiro atoms. The highest BCUT2D eigenvalue weighted by molar-refractivity contribution is 6.31. The number of halogens is 1. The van der Waals surface area contributed by atoms with Crippen LogP contribution in [0.25, 0.3) is 0 Å². The third-order valence-electron chi connectivity index (χ3n) is 3.32. The van der Waals surface area contributed by atoms with Gasteiger partial charge in [-0.15, -0.1) is 0 Å². The van der Waals surface area contributed by atoms with Crippen molar-refractivity contribution in [3.63, 3.8) is 0 Å². The molecule has 1 aliphatic heterocycles. The van der Waals surface area contributed by atoms with E-state index in [4.69, 9.17) is 16.3 Å². The van der Waals surface area contributed by atoms with E-state index in [0.717, 1.165) is 25.2 Å². The number of hydrogen-bond donors (Lipinski definition) is 3. The van der Waals surface area contributed by atoms with E-state index in [1.165, 1.54) is 0 Å². The first kappa shape index (κ1) is 14.4. The maximum atomic E-state index is 12.2. The summed E-state index contributed by atoms with van der Waals surface area (Å²) < 4.78 is 5.65. The standard InChI is InChI=1S/C13H20ClN3O2/c1-3-19-12-7-15-5-4-10(12)17-13(18)11-6-9(14)8(2)16-11/h6,10,12,15-16H,3-5,7H2,1-2H3,(H,17,18)/t10-,12+/m1/s1. The summed E-state index contributed by atoms with van der Waals surface area (Å²) in [5.41, 5.74) is 1.30. The Morgan fingerprint density at radius 2 is 2.42 bits per heavy atom. The van der Waals surface area contributed by atoms with Crippen molar-refractivity contribution in [2.24, 2.45) is 0 Å². The van der Waals surface area contributed by atoms with E-state index in [2.05, 4.69) is 15.6 Å². The van der Waals surface area contributed by atoms with Crippen molar-refractivity contribution in [1.82, 2.24) is 15.6 Å². The third kappa shape index (κ3) is 3.49. The van der Waals surface area contributed by atoms with Gasteiger partial charge in [0.25, 0.3) is 5.91 Å². The largest absolute Gasteiger partial charge is 0.375 e. The van der Waals surface area contributed by atoms with Crippen molar-refractivity contribution in [3.05, 3.63) is 22.5 Å². The molecule has 0 bridgehead atoms. The summed E-state index contributed by atoms with van der Waals surface area (Å²) in [5, 5.41) is 6.87. The van der Waals surface area contributed by atoms with Gasteiger partial charge in [0.05, 0.1) is 17.2 Å². The summed E-state index contributed by atoms with van der Waals surface area (Å²) >= 11 is 5.95. The lowest BCUT2D eigenvalue weighted by Gasteiger charge is -2.32. The average Bonchev–Trinajstić information content (AvgIpc) is 2.72. The Morgan fingerprint density at radius 1 is 1.63 bits per heavy atom. The minimum absolute atomic E-state index is 0.0224. The summed E-state index contributed by atoms with van der Waals surface area (Å²) in [5.74, 6) is -0.133. The molecule has 0 saturated carbocycles. The number of ether oxygens (including phenoxy) is 1. The molecule has 1 fully saturated rings. The molecular formula is C13H20ClN3O2. The fraction of sp³-hybridized carbons (Fsp3) is 0.615. The van der Waals surface area contributed by atoms with Crippen molar-refractivity contribution < 1.29 is 9.53 Å². The minimum Gasteiger partial charge on any atom is -0.375 e. The molecule has 5 nitrogen and oxygen atoms in total. The number of aromatic nitrogens is 1. The van der Waals surface area contributed by atoms with Crippen LogP contribution in [0.1, 0.15) is 29.5 Å². The van der Waals surface area contributed by atoms with Crippen LogP contribution >= 0.6 is 11.6 Å². The SMILES string of the molecule is CCO[C@H]1CNCC[C@H]1NC(=O)c1cc(Cl)c(C)[nH]1. The minimum atomic E-state index is -0.133. The number of rotatable bonds is 4. The van der Waals surface area contributed by atoms with Crippen molar-refractivity contribution in [2.45, 2.75) is 32.4 Å². The molecule has 2 rings (SSSR count).